The van der Waals surface area contributed by atoms with Gasteiger partial charge in [0, 0.05) is 11.3 Å². The first-order valence-electron chi connectivity index (χ1n) is 6.65. The number of aromatic nitrogens is 1. The monoisotopic (exact) mass is 393 g/mol. The molecule has 0 radical (unpaired) electrons. The number of aliphatic carboxylic acids is 1. The third-order valence-corrected chi connectivity index (χ3v) is 5.77. The SMILES string of the molecule is O=C(O)CCC(=Cc1ccc(Br)s1)c1nc2ccccc2s1. The summed E-state index contributed by atoms with van der Waals surface area (Å²) in [6, 6.07) is 12.0. The summed E-state index contributed by atoms with van der Waals surface area (Å²) in [5.41, 5.74) is 1.93. The fourth-order valence-corrected chi connectivity index (χ4v) is 4.47. The highest BCUT2D eigenvalue weighted by molar-refractivity contribution is 9.11. The summed E-state index contributed by atoms with van der Waals surface area (Å²) in [7, 11) is 0. The molecule has 0 saturated heterocycles. The van der Waals surface area contributed by atoms with Crippen molar-refractivity contribution in [2.75, 3.05) is 0 Å². The van der Waals surface area contributed by atoms with Gasteiger partial charge in [-0.15, -0.1) is 22.7 Å². The Morgan fingerprint density at radius 1 is 1.18 bits per heavy atom. The zero-order valence-electron chi connectivity index (χ0n) is 11.5. The van der Waals surface area contributed by atoms with Gasteiger partial charge < -0.3 is 5.11 Å². The number of hydrogen-bond donors (Lipinski definition) is 1. The number of allylic oxidation sites excluding steroid dienone is 1. The minimum Gasteiger partial charge on any atom is -0.481 e. The Labute approximate surface area is 144 Å². The number of fused-ring (bicyclic) bond motifs is 1. The van der Waals surface area contributed by atoms with Crippen LogP contribution in [0.5, 0.6) is 0 Å². The number of carboxylic acid groups (broad SMARTS) is 1. The minimum absolute atomic E-state index is 0.105. The lowest BCUT2D eigenvalue weighted by molar-refractivity contribution is -0.136. The predicted molar refractivity (Wildman–Crippen MR) is 96.4 cm³/mol. The van der Waals surface area contributed by atoms with Gasteiger partial charge in [0.1, 0.15) is 5.01 Å². The van der Waals surface area contributed by atoms with E-state index in [0.29, 0.717) is 6.42 Å². The molecule has 0 atom stereocenters. The van der Waals surface area contributed by atoms with Crippen LogP contribution in [0, 0.1) is 0 Å². The van der Waals surface area contributed by atoms with E-state index in [1.54, 1.807) is 22.7 Å². The second-order valence-corrected chi connectivity index (χ2v) is 8.22. The van der Waals surface area contributed by atoms with Gasteiger partial charge >= 0.3 is 5.97 Å². The molecule has 0 aliphatic rings. The number of halogens is 1. The van der Waals surface area contributed by atoms with E-state index in [1.807, 2.05) is 42.5 Å². The molecule has 6 heteroatoms. The van der Waals surface area contributed by atoms with E-state index in [9.17, 15) is 4.79 Å². The lowest BCUT2D eigenvalue weighted by Crippen LogP contribution is -1.95. The maximum atomic E-state index is 10.9. The van der Waals surface area contributed by atoms with Crippen molar-refractivity contribution in [1.29, 1.82) is 0 Å². The maximum absolute atomic E-state index is 10.9. The molecule has 3 rings (SSSR count). The molecule has 2 heterocycles. The molecule has 0 saturated carbocycles. The maximum Gasteiger partial charge on any atom is 0.303 e. The molecule has 2 aromatic heterocycles. The molecule has 0 spiro atoms. The van der Waals surface area contributed by atoms with Gasteiger partial charge in [-0.25, -0.2) is 4.98 Å². The fraction of sp³-hybridized carbons (Fsp3) is 0.125. The Balaban J connectivity index is 1.99. The van der Waals surface area contributed by atoms with Gasteiger partial charge in [-0.1, -0.05) is 12.1 Å². The number of thiophene rings is 1. The lowest BCUT2D eigenvalue weighted by atomic mass is 10.1. The molecule has 0 fully saturated rings. The van der Waals surface area contributed by atoms with E-state index < -0.39 is 5.97 Å². The third-order valence-electron chi connectivity index (χ3n) is 3.09. The van der Waals surface area contributed by atoms with Gasteiger partial charge in [0.15, 0.2) is 0 Å². The zero-order valence-corrected chi connectivity index (χ0v) is 14.7. The molecule has 0 aliphatic heterocycles. The van der Waals surface area contributed by atoms with Crippen LogP contribution < -0.4 is 0 Å². The molecule has 1 N–H and O–H groups in total. The molecule has 0 unspecified atom stereocenters. The topological polar surface area (TPSA) is 50.2 Å². The van der Waals surface area contributed by atoms with E-state index in [1.165, 1.54) is 0 Å². The Morgan fingerprint density at radius 3 is 2.68 bits per heavy atom. The molecular weight excluding hydrogens is 382 g/mol. The van der Waals surface area contributed by atoms with Gasteiger partial charge in [0.25, 0.3) is 0 Å². The summed E-state index contributed by atoms with van der Waals surface area (Å²) >= 11 is 6.68. The number of carbonyl (C=O) groups is 1. The number of carboxylic acids is 1. The summed E-state index contributed by atoms with van der Waals surface area (Å²) in [5, 5.41) is 9.87. The largest absolute Gasteiger partial charge is 0.481 e. The summed E-state index contributed by atoms with van der Waals surface area (Å²) in [6.45, 7) is 0. The highest BCUT2D eigenvalue weighted by Gasteiger charge is 2.11. The molecule has 3 nitrogen and oxygen atoms in total. The molecule has 0 amide bonds. The van der Waals surface area contributed by atoms with Crippen LogP contribution in [0.2, 0.25) is 0 Å². The average Bonchev–Trinajstić information content (AvgIpc) is 3.09. The predicted octanol–water partition coefficient (Wildman–Crippen LogP) is 5.53. The van der Waals surface area contributed by atoms with Crippen molar-refractivity contribution in [2.45, 2.75) is 12.8 Å². The minimum atomic E-state index is -0.792. The fourth-order valence-electron chi connectivity index (χ4n) is 2.07. The second-order valence-electron chi connectivity index (χ2n) is 4.69. The summed E-state index contributed by atoms with van der Waals surface area (Å²) < 4.78 is 2.17. The van der Waals surface area contributed by atoms with Gasteiger partial charge in [-0.05, 0) is 58.3 Å². The summed E-state index contributed by atoms with van der Waals surface area (Å²) in [4.78, 5) is 16.6. The first-order chi connectivity index (χ1) is 10.6. The summed E-state index contributed by atoms with van der Waals surface area (Å²) in [5.74, 6) is -0.792. The smallest absolute Gasteiger partial charge is 0.303 e. The molecule has 0 aliphatic carbocycles. The standard InChI is InChI=1S/C16H12BrNO2S2/c17-14-7-6-11(21-14)9-10(5-8-15(19)20)16-18-12-3-1-2-4-13(12)22-16/h1-4,6-7,9H,5,8H2,(H,19,20). The van der Waals surface area contributed by atoms with Crippen molar-refractivity contribution in [3.63, 3.8) is 0 Å². The van der Waals surface area contributed by atoms with Crippen molar-refractivity contribution in [2.24, 2.45) is 0 Å². The quantitative estimate of drug-likeness (QED) is 0.619. The highest BCUT2D eigenvalue weighted by atomic mass is 79.9. The van der Waals surface area contributed by atoms with Crippen LogP contribution in [0.1, 0.15) is 22.7 Å². The average molecular weight is 394 g/mol. The highest BCUT2D eigenvalue weighted by Crippen LogP contribution is 2.33. The van der Waals surface area contributed by atoms with E-state index >= 15 is 0 Å². The van der Waals surface area contributed by atoms with E-state index in [0.717, 1.165) is 29.5 Å². The number of thiazole rings is 1. The Morgan fingerprint density at radius 2 is 2.00 bits per heavy atom. The van der Waals surface area contributed by atoms with E-state index in [4.69, 9.17) is 5.11 Å². The van der Waals surface area contributed by atoms with Gasteiger partial charge in [-0.3, -0.25) is 4.79 Å². The first kappa shape index (κ1) is 15.4. The molecular formula is C16H12BrNO2S2. The number of nitrogens with zero attached hydrogens (tertiary/aromatic N) is 1. The van der Waals surface area contributed by atoms with Crippen molar-refractivity contribution in [3.8, 4) is 0 Å². The number of benzene rings is 1. The van der Waals surface area contributed by atoms with Crippen LogP contribution in [-0.2, 0) is 4.79 Å². The number of hydrogen-bond acceptors (Lipinski definition) is 4. The molecule has 22 heavy (non-hydrogen) atoms. The van der Waals surface area contributed by atoms with E-state index in [-0.39, 0.29) is 6.42 Å². The van der Waals surface area contributed by atoms with Crippen LogP contribution in [0.15, 0.2) is 40.2 Å². The van der Waals surface area contributed by atoms with Crippen molar-refractivity contribution < 1.29 is 9.90 Å². The van der Waals surface area contributed by atoms with Crippen molar-refractivity contribution in [1.82, 2.24) is 4.98 Å². The van der Waals surface area contributed by atoms with Gasteiger partial charge in [0.05, 0.1) is 14.0 Å². The lowest BCUT2D eigenvalue weighted by Gasteiger charge is -2.01. The first-order valence-corrected chi connectivity index (χ1v) is 9.08. The van der Waals surface area contributed by atoms with Gasteiger partial charge in [-0.2, -0.15) is 0 Å². The molecule has 3 aromatic rings. The Bertz CT molecular complexity index is 818. The second kappa shape index (κ2) is 6.73. The summed E-state index contributed by atoms with van der Waals surface area (Å²) in [6.07, 6.45) is 2.62. The van der Waals surface area contributed by atoms with E-state index in [2.05, 4.69) is 20.9 Å². The van der Waals surface area contributed by atoms with Crippen LogP contribution in [0.3, 0.4) is 0 Å². The van der Waals surface area contributed by atoms with Crippen molar-refractivity contribution in [3.05, 3.63) is 50.1 Å². The number of para-hydroxylation sites is 1. The molecule has 0 bridgehead atoms. The van der Waals surface area contributed by atoms with Gasteiger partial charge in [0.2, 0.25) is 0 Å². The zero-order chi connectivity index (χ0) is 15.5. The number of rotatable bonds is 5. The van der Waals surface area contributed by atoms with Crippen LogP contribution in [0.25, 0.3) is 21.9 Å². The van der Waals surface area contributed by atoms with Crippen LogP contribution in [0.4, 0.5) is 0 Å². The molecule has 1 aromatic carbocycles. The van der Waals surface area contributed by atoms with Crippen LogP contribution >= 0.6 is 38.6 Å². The molecule has 112 valence electrons. The van der Waals surface area contributed by atoms with Crippen molar-refractivity contribution >= 4 is 66.4 Å². The third kappa shape index (κ3) is 3.63. The van der Waals surface area contributed by atoms with Crippen LogP contribution in [-0.4, -0.2) is 16.1 Å². The Hall–Kier alpha value is -1.50. The normalized spacial score (nSPS) is 12.0. The Kier molecular flexibility index (Phi) is 4.71.